The van der Waals surface area contributed by atoms with Gasteiger partial charge in [0.25, 0.3) is 5.91 Å². The quantitative estimate of drug-likeness (QED) is 0.173. The fourth-order valence-electron chi connectivity index (χ4n) is 5.38. The second kappa shape index (κ2) is 12.0. The number of hydrogen-bond acceptors (Lipinski definition) is 9. The topological polar surface area (TPSA) is 139 Å². The predicted octanol–water partition coefficient (Wildman–Crippen LogP) is 4.10. The Morgan fingerprint density at radius 3 is 2.57 bits per heavy atom. The number of methoxy groups -OCH3 is 1. The number of nitrogens with one attached hydrogen (secondary N) is 2. The van der Waals surface area contributed by atoms with Crippen LogP contribution in [0.2, 0.25) is 0 Å². The number of epoxide rings is 1. The molecular formula is C31H31N5O6. The van der Waals surface area contributed by atoms with E-state index in [0.717, 1.165) is 25.7 Å². The number of nitrogens with zero attached hydrogens (tertiary/aromatic N) is 3. The lowest BCUT2D eigenvalue weighted by molar-refractivity contribution is -0.142. The highest BCUT2D eigenvalue weighted by Gasteiger charge is 2.53. The lowest BCUT2D eigenvalue weighted by Crippen LogP contribution is -2.46. The van der Waals surface area contributed by atoms with Crippen molar-refractivity contribution in [3.63, 3.8) is 0 Å². The van der Waals surface area contributed by atoms with Crippen molar-refractivity contribution in [2.75, 3.05) is 25.5 Å². The minimum Gasteiger partial charge on any atom is -0.467 e. The molecule has 11 nitrogen and oxygen atoms in total. The number of carbonyl (C=O) groups excluding carboxylic acids is 3. The Bertz CT molecular complexity index is 1590. The summed E-state index contributed by atoms with van der Waals surface area (Å²) >= 11 is 0. The van der Waals surface area contributed by atoms with E-state index < -0.39 is 18.2 Å². The van der Waals surface area contributed by atoms with Gasteiger partial charge in [-0.15, -0.1) is 0 Å². The number of carbonyl (C=O) groups is 3. The van der Waals surface area contributed by atoms with Crippen molar-refractivity contribution in [2.24, 2.45) is 0 Å². The molecule has 2 fully saturated rings. The summed E-state index contributed by atoms with van der Waals surface area (Å²) in [7, 11) is 1.28. The van der Waals surface area contributed by atoms with Crippen molar-refractivity contribution in [3.05, 3.63) is 78.2 Å². The summed E-state index contributed by atoms with van der Waals surface area (Å²) < 4.78 is 15.9. The molecule has 4 aromatic rings. The Morgan fingerprint density at radius 2 is 1.79 bits per heavy atom. The van der Waals surface area contributed by atoms with Crippen LogP contribution in [0.25, 0.3) is 11.0 Å². The highest BCUT2D eigenvalue weighted by Crippen LogP contribution is 2.30. The standard InChI is InChI=1S/C31H31N5O6/c1-40-31(39)27-26(42-27)30(38)36-15-7-3-4-8-20(36)16-32-28-24-23(17-33-29(24)35-18-34-28)25(37)19-11-13-22(14-12-19)41-21-9-5-2-6-10-21/h2,5-6,9-14,17-18,20,26-27H,3-4,7-8,15-16H2,1H3,(H2,32,33,34,35). The number of fused-ring (bicyclic) bond motifs is 1. The van der Waals surface area contributed by atoms with Gasteiger partial charge in [-0.1, -0.05) is 31.0 Å². The normalized spacial score (nSPS) is 20.0. The third-order valence-corrected chi connectivity index (χ3v) is 7.64. The van der Waals surface area contributed by atoms with Gasteiger partial charge in [-0.05, 0) is 49.2 Å². The smallest absolute Gasteiger partial charge is 0.338 e. The molecule has 1 amide bonds. The number of amides is 1. The molecule has 216 valence electrons. The zero-order chi connectivity index (χ0) is 29.1. The van der Waals surface area contributed by atoms with Crippen molar-refractivity contribution >= 4 is 34.5 Å². The average Bonchev–Trinajstić information content (AvgIpc) is 3.77. The number of ether oxygens (including phenoxy) is 3. The third kappa shape index (κ3) is 5.68. The number of aromatic amines is 1. The van der Waals surface area contributed by atoms with Gasteiger partial charge in [0.1, 0.15) is 29.3 Å². The van der Waals surface area contributed by atoms with E-state index in [4.69, 9.17) is 14.2 Å². The number of aromatic nitrogens is 3. The summed E-state index contributed by atoms with van der Waals surface area (Å²) in [5.74, 6) is 0.910. The summed E-state index contributed by atoms with van der Waals surface area (Å²) in [6.45, 7) is 0.994. The van der Waals surface area contributed by atoms with E-state index in [2.05, 4.69) is 20.3 Å². The number of hydrogen-bond donors (Lipinski definition) is 2. The van der Waals surface area contributed by atoms with Gasteiger partial charge in [0.2, 0.25) is 0 Å². The summed E-state index contributed by atoms with van der Waals surface area (Å²) in [4.78, 5) is 52.3. The van der Waals surface area contributed by atoms with E-state index in [0.29, 0.717) is 52.6 Å². The molecule has 2 aromatic heterocycles. The van der Waals surface area contributed by atoms with Gasteiger partial charge >= 0.3 is 5.97 Å². The third-order valence-electron chi connectivity index (χ3n) is 7.64. The molecule has 6 rings (SSSR count). The monoisotopic (exact) mass is 569 g/mol. The lowest BCUT2D eigenvalue weighted by atomic mass is 10.0. The van der Waals surface area contributed by atoms with Gasteiger partial charge in [-0.3, -0.25) is 9.59 Å². The van der Waals surface area contributed by atoms with Gasteiger partial charge in [-0.25, -0.2) is 14.8 Å². The summed E-state index contributed by atoms with van der Waals surface area (Å²) in [6, 6.07) is 16.3. The highest BCUT2D eigenvalue weighted by atomic mass is 16.6. The molecule has 3 atom stereocenters. The van der Waals surface area contributed by atoms with E-state index in [1.165, 1.54) is 13.4 Å². The van der Waals surface area contributed by atoms with Gasteiger partial charge < -0.3 is 29.4 Å². The molecule has 2 aliphatic heterocycles. The van der Waals surface area contributed by atoms with Crippen LogP contribution in [0.15, 0.2) is 67.1 Å². The van der Waals surface area contributed by atoms with Crippen LogP contribution < -0.4 is 10.1 Å². The molecule has 2 aliphatic rings. The van der Waals surface area contributed by atoms with Crippen molar-refractivity contribution in [2.45, 2.75) is 43.9 Å². The van der Waals surface area contributed by atoms with Gasteiger partial charge in [0.15, 0.2) is 18.0 Å². The number of esters is 1. The zero-order valence-electron chi connectivity index (χ0n) is 23.1. The van der Waals surface area contributed by atoms with Crippen LogP contribution in [0.4, 0.5) is 5.82 Å². The Morgan fingerprint density at radius 1 is 1.00 bits per heavy atom. The maximum absolute atomic E-state index is 13.6. The first-order chi connectivity index (χ1) is 20.5. The molecule has 0 aliphatic carbocycles. The first-order valence-corrected chi connectivity index (χ1v) is 14.0. The molecule has 2 saturated heterocycles. The Labute approximate surface area is 242 Å². The molecule has 0 radical (unpaired) electrons. The number of benzene rings is 2. The Balaban J connectivity index is 1.18. The second-order valence-corrected chi connectivity index (χ2v) is 10.3. The lowest BCUT2D eigenvalue weighted by Gasteiger charge is -2.30. The maximum Gasteiger partial charge on any atom is 0.338 e. The second-order valence-electron chi connectivity index (χ2n) is 10.3. The van der Waals surface area contributed by atoms with Crippen molar-refractivity contribution < 1.29 is 28.6 Å². The van der Waals surface area contributed by atoms with E-state index in [1.807, 2.05) is 30.3 Å². The van der Waals surface area contributed by atoms with Crippen LogP contribution in [0.1, 0.15) is 41.6 Å². The number of rotatable bonds is 9. The average molecular weight is 570 g/mol. The van der Waals surface area contributed by atoms with E-state index in [9.17, 15) is 14.4 Å². The largest absolute Gasteiger partial charge is 0.467 e. The molecule has 11 heteroatoms. The summed E-state index contributed by atoms with van der Waals surface area (Å²) in [5.41, 5.74) is 1.46. The van der Waals surface area contributed by atoms with Gasteiger partial charge in [0, 0.05) is 30.9 Å². The summed E-state index contributed by atoms with van der Waals surface area (Å²) in [5, 5.41) is 3.95. The van der Waals surface area contributed by atoms with E-state index >= 15 is 0 Å². The van der Waals surface area contributed by atoms with E-state index in [1.54, 1.807) is 35.4 Å². The van der Waals surface area contributed by atoms with Crippen LogP contribution >= 0.6 is 0 Å². The minimum absolute atomic E-state index is 0.136. The molecule has 42 heavy (non-hydrogen) atoms. The number of anilines is 1. The molecule has 2 N–H and O–H groups in total. The van der Waals surface area contributed by atoms with Crippen molar-refractivity contribution in [1.29, 1.82) is 0 Å². The molecule has 0 saturated carbocycles. The van der Waals surface area contributed by atoms with Crippen LogP contribution in [-0.2, 0) is 19.1 Å². The van der Waals surface area contributed by atoms with Crippen LogP contribution in [0, 0.1) is 0 Å². The molecule has 4 heterocycles. The van der Waals surface area contributed by atoms with Gasteiger partial charge in [-0.2, -0.15) is 0 Å². The Kier molecular flexibility index (Phi) is 7.83. The van der Waals surface area contributed by atoms with E-state index in [-0.39, 0.29) is 17.7 Å². The number of likely N-dealkylation sites (tertiary alicyclic amines) is 1. The van der Waals surface area contributed by atoms with Crippen LogP contribution in [-0.4, -0.2) is 76.0 Å². The number of para-hydroxylation sites is 1. The minimum atomic E-state index is -0.840. The van der Waals surface area contributed by atoms with Crippen LogP contribution in [0.3, 0.4) is 0 Å². The zero-order valence-corrected chi connectivity index (χ0v) is 23.1. The van der Waals surface area contributed by atoms with Crippen molar-refractivity contribution in [3.8, 4) is 11.5 Å². The predicted molar refractivity (Wildman–Crippen MR) is 153 cm³/mol. The fraction of sp³-hybridized carbons (Fsp3) is 0.323. The molecule has 0 bridgehead atoms. The number of ketones is 1. The summed E-state index contributed by atoms with van der Waals surface area (Å²) in [6.07, 6.45) is 5.07. The first kappa shape index (κ1) is 27.4. The SMILES string of the molecule is COC(=O)C1OC1C(=O)N1CCCCCC1CNc1ncnc2[nH]cc(C(=O)c3ccc(Oc4ccccc4)cc3)c12. The Hall–Kier alpha value is -4.77. The molecule has 0 spiro atoms. The van der Waals surface area contributed by atoms with Crippen molar-refractivity contribution in [1.82, 2.24) is 19.9 Å². The number of H-pyrrole nitrogens is 1. The van der Waals surface area contributed by atoms with Crippen LogP contribution in [0.5, 0.6) is 11.5 Å². The van der Waals surface area contributed by atoms with Gasteiger partial charge in [0.05, 0.1) is 18.1 Å². The fourth-order valence-corrected chi connectivity index (χ4v) is 5.38. The highest BCUT2D eigenvalue weighted by molar-refractivity contribution is 6.18. The maximum atomic E-state index is 13.6. The first-order valence-electron chi connectivity index (χ1n) is 14.0. The molecule has 2 aromatic carbocycles. The molecular weight excluding hydrogens is 538 g/mol. The molecule has 3 unspecified atom stereocenters.